The third kappa shape index (κ3) is 4.04. The predicted molar refractivity (Wildman–Crippen MR) is 81.9 cm³/mol. The van der Waals surface area contributed by atoms with E-state index < -0.39 is 0 Å². The Morgan fingerprint density at radius 1 is 1.30 bits per heavy atom. The maximum atomic E-state index is 9.56. The predicted octanol–water partition coefficient (Wildman–Crippen LogP) is 2.30. The van der Waals surface area contributed by atoms with Crippen LogP contribution >= 0.6 is 11.8 Å². The van der Waals surface area contributed by atoms with Gasteiger partial charge < -0.3 is 19.9 Å². The summed E-state index contributed by atoms with van der Waals surface area (Å²) in [6, 6.07) is 6.00. The molecule has 2 rings (SSSR count). The Morgan fingerprint density at radius 2 is 2.05 bits per heavy atom. The maximum absolute atomic E-state index is 9.56. The van der Waals surface area contributed by atoms with Crippen LogP contribution in [0.2, 0.25) is 0 Å². The molecular weight excluding hydrogens is 274 g/mol. The molecule has 5 heteroatoms. The molecule has 112 valence electrons. The van der Waals surface area contributed by atoms with Crippen molar-refractivity contribution in [3.05, 3.63) is 18.2 Å². The maximum Gasteiger partial charge on any atom is 0.162 e. The molecule has 1 unspecified atom stereocenters. The molecule has 0 bridgehead atoms. The van der Waals surface area contributed by atoms with E-state index in [1.807, 2.05) is 25.1 Å². The molecule has 0 saturated heterocycles. The van der Waals surface area contributed by atoms with E-state index in [2.05, 4.69) is 12.2 Å². The number of aliphatic hydroxyl groups excluding tert-OH is 1. The number of thioether (sulfide) groups is 1. The highest BCUT2D eigenvalue weighted by atomic mass is 32.2. The fourth-order valence-electron chi connectivity index (χ4n) is 1.94. The molecular formula is C15H23NO3S. The van der Waals surface area contributed by atoms with E-state index in [4.69, 9.17) is 9.47 Å². The van der Waals surface area contributed by atoms with Crippen molar-refractivity contribution in [2.75, 3.05) is 32.1 Å². The number of aliphatic hydroxyl groups is 1. The second kappa shape index (κ2) is 7.20. The monoisotopic (exact) mass is 297 g/mol. The van der Waals surface area contributed by atoms with E-state index in [0.717, 1.165) is 35.1 Å². The number of hydrogen-bond donors (Lipinski definition) is 2. The zero-order valence-electron chi connectivity index (χ0n) is 12.1. The van der Waals surface area contributed by atoms with Crippen molar-refractivity contribution in [1.29, 1.82) is 0 Å². The molecule has 1 aromatic rings. The summed E-state index contributed by atoms with van der Waals surface area (Å²) in [5.41, 5.74) is -0.256. The number of fused-ring (bicyclic) bond motifs is 1. The van der Waals surface area contributed by atoms with E-state index in [0.29, 0.717) is 13.2 Å². The van der Waals surface area contributed by atoms with Gasteiger partial charge in [0.15, 0.2) is 11.5 Å². The summed E-state index contributed by atoms with van der Waals surface area (Å²) in [6.07, 6.45) is 1.06. The topological polar surface area (TPSA) is 50.7 Å². The van der Waals surface area contributed by atoms with Crippen molar-refractivity contribution < 1.29 is 14.6 Å². The molecule has 2 N–H and O–H groups in total. The molecule has 0 fully saturated rings. The highest BCUT2D eigenvalue weighted by Gasteiger charge is 2.22. The highest BCUT2D eigenvalue weighted by molar-refractivity contribution is 7.99. The number of ether oxygens (including phenoxy) is 2. The Balaban J connectivity index is 1.95. The Morgan fingerprint density at radius 3 is 2.75 bits per heavy atom. The minimum absolute atomic E-state index is 0.130. The first-order chi connectivity index (χ1) is 9.67. The summed E-state index contributed by atoms with van der Waals surface area (Å²) in [7, 11) is 0. The second-order valence-corrected chi connectivity index (χ2v) is 6.29. The summed E-state index contributed by atoms with van der Waals surface area (Å²) in [4.78, 5) is 1.13. The van der Waals surface area contributed by atoms with E-state index in [9.17, 15) is 5.11 Å². The average Bonchev–Trinajstić information content (AvgIpc) is 2.51. The van der Waals surface area contributed by atoms with Crippen molar-refractivity contribution in [2.24, 2.45) is 0 Å². The number of nitrogens with one attached hydrogen (secondary N) is 1. The van der Waals surface area contributed by atoms with Crippen LogP contribution in [-0.4, -0.2) is 42.8 Å². The van der Waals surface area contributed by atoms with Gasteiger partial charge in [-0.1, -0.05) is 6.92 Å². The first-order valence-electron chi connectivity index (χ1n) is 7.05. The smallest absolute Gasteiger partial charge is 0.162 e. The molecule has 4 nitrogen and oxygen atoms in total. The van der Waals surface area contributed by atoms with Crippen molar-refractivity contribution >= 4 is 11.8 Å². The molecule has 20 heavy (non-hydrogen) atoms. The minimum atomic E-state index is -0.256. The van der Waals surface area contributed by atoms with Crippen LogP contribution in [0.1, 0.15) is 20.3 Å². The van der Waals surface area contributed by atoms with Crippen molar-refractivity contribution in [3.63, 3.8) is 0 Å². The van der Waals surface area contributed by atoms with Crippen molar-refractivity contribution in [2.45, 2.75) is 30.7 Å². The van der Waals surface area contributed by atoms with Crippen molar-refractivity contribution in [3.8, 4) is 11.5 Å². The Kier molecular flexibility index (Phi) is 5.57. The molecule has 0 aliphatic carbocycles. The van der Waals surface area contributed by atoms with Gasteiger partial charge in [-0.2, -0.15) is 0 Å². The summed E-state index contributed by atoms with van der Waals surface area (Å²) < 4.78 is 11.1. The minimum Gasteiger partial charge on any atom is -0.486 e. The third-order valence-electron chi connectivity index (χ3n) is 3.22. The van der Waals surface area contributed by atoms with Gasteiger partial charge in [0.05, 0.1) is 6.61 Å². The average molecular weight is 297 g/mol. The third-order valence-corrected chi connectivity index (χ3v) is 4.59. The lowest BCUT2D eigenvalue weighted by molar-refractivity contribution is 0.171. The van der Waals surface area contributed by atoms with E-state index >= 15 is 0 Å². The normalized spacial score (nSPS) is 16.8. The molecule has 1 aliphatic rings. The van der Waals surface area contributed by atoms with Crippen LogP contribution < -0.4 is 14.8 Å². The molecule has 1 atom stereocenters. The lowest BCUT2D eigenvalue weighted by Gasteiger charge is -2.28. The number of benzene rings is 1. The van der Waals surface area contributed by atoms with Gasteiger partial charge in [-0.25, -0.2) is 0 Å². The zero-order valence-corrected chi connectivity index (χ0v) is 13.0. The van der Waals surface area contributed by atoms with E-state index in [1.165, 1.54) is 0 Å². The fraction of sp³-hybridized carbons (Fsp3) is 0.600. The van der Waals surface area contributed by atoms with Gasteiger partial charge in [-0.3, -0.25) is 0 Å². The fourth-order valence-corrected chi connectivity index (χ4v) is 2.97. The van der Waals surface area contributed by atoms with Gasteiger partial charge in [0, 0.05) is 16.2 Å². The summed E-state index contributed by atoms with van der Waals surface area (Å²) in [5.74, 6) is 2.44. The van der Waals surface area contributed by atoms with Gasteiger partial charge >= 0.3 is 0 Å². The summed E-state index contributed by atoms with van der Waals surface area (Å²) >= 11 is 1.72. The Labute approximate surface area is 124 Å². The molecule has 1 aromatic carbocycles. The first-order valence-corrected chi connectivity index (χ1v) is 8.04. The molecule has 0 aromatic heterocycles. The molecule has 0 radical (unpaired) electrons. The van der Waals surface area contributed by atoms with Gasteiger partial charge in [0.25, 0.3) is 0 Å². The lowest BCUT2D eigenvalue weighted by Crippen LogP contribution is -2.48. The van der Waals surface area contributed by atoms with Gasteiger partial charge in [0.2, 0.25) is 0 Å². The SMILES string of the molecule is CCCNC(C)(CO)CSc1ccc2c(c1)OCCO2. The molecule has 1 aliphatic heterocycles. The quantitative estimate of drug-likeness (QED) is 0.756. The van der Waals surface area contributed by atoms with Gasteiger partial charge in [-0.15, -0.1) is 11.8 Å². The lowest BCUT2D eigenvalue weighted by atomic mass is 10.1. The Hall–Kier alpha value is -0.910. The second-order valence-electron chi connectivity index (χ2n) is 5.24. The molecule has 0 spiro atoms. The Bertz CT molecular complexity index is 441. The van der Waals surface area contributed by atoms with Gasteiger partial charge in [-0.05, 0) is 38.1 Å². The summed E-state index contributed by atoms with van der Waals surface area (Å²) in [6.45, 7) is 6.44. The van der Waals surface area contributed by atoms with Gasteiger partial charge in [0.1, 0.15) is 13.2 Å². The number of hydrogen-bond acceptors (Lipinski definition) is 5. The van der Waals surface area contributed by atoms with Crippen LogP contribution in [0.4, 0.5) is 0 Å². The molecule has 1 heterocycles. The van der Waals surface area contributed by atoms with Crippen molar-refractivity contribution in [1.82, 2.24) is 5.32 Å². The van der Waals surface area contributed by atoms with E-state index in [1.54, 1.807) is 11.8 Å². The van der Waals surface area contributed by atoms with Crippen LogP contribution in [-0.2, 0) is 0 Å². The van der Waals surface area contributed by atoms with Crippen LogP contribution in [0.3, 0.4) is 0 Å². The van der Waals surface area contributed by atoms with Crippen LogP contribution in [0.25, 0.3) is 0 Å². The highest BCUT2D eigenvalue weighted by Crippen LogP contribution is 2.34. The van der Waals surface area contributed by atoms with Crippen LogP contribution in [0.5, 0.6) is 11.5 Å². The van der Waals surface area contributed by atoms with Crippen LogP contribution in [0, 0.1) is 0 Å². The zero-order chi connectivity index (χ0) is 14.4. The van der Waals surface area contributed by atoms with Crippen LogP contribution in [0.15, 0.2) is 23.1 Å². The largest absolute Gasteiger partial charge is 0.486 e. The van der Waals surface area contributed by atoms with E-state index in [-0.39, 0.29) is 12.1 Å². The molecule has 0 amide bonds. The number of rotatable bonds is 7. The standard InChI is InChI=1S/C15H23NO3S/c1-3-6-16-15(2,10-17)11-20-12-4-5-13-14(9-12)19-8-7-18-13/h4-5,9,16-17H,3,6-8,10-11H2,1-2H3. The summed E-state index contributed by atoms with van der Waals surface area (Å²) in [5, 5.41) is 13.0. The molecule has 0 saturated carbocycles. The first kappa shape index (κ1) is 15.5.